The normalized spacial score (nSPS) is 19.8. The SMILES string of the molecule is CCC(=O)OC1(OC=O)CCCCC1. The van der Waals surface area contributed by atoms with Crippen molar-refractivity contribution < 1.29 is 19.1 Å². The van der Waals surface area contributed by atoms with Crippen LogP contribution in [0.5, 0.6) is 0 Å². The summed E-state index contributed by atoms with van der Waals surface area (Å²) in [5.74, 6) is -1.28. The molecule has 14 heavy (non-hydrogen) atoms. The fourth-order valence-corrected chi connectivity index (χ4v) is 1.70. The molecule has 0 spiro atoms. The molecule has 0 amide bonds. The Balaban J connectivity index is 2.59. The molecular weight excluding hydrogens is 184 g/mol. The first-order valence-electron chi connectivity index (χ1n) is 5.06. The van der Waals surface area contributed by atoms with E-state index in [1.54, 1.807) is 6.92 Å². The van der Waals surface area contributed by atoms with E-state index in [-0.39, 0.29) is 5.97 Å². The van der Waals surface area contributed by atoms with Crippen LogP contribution in [0.4, 0.5) is 0 Å². The second kappa shape index (κ2) is 4.98. The van der Waals surface area contributed by atoms with Gasteiger partial charge in [0.05, 0.1) is 0 Å². The van der Waals surface area contributed by atoms with Gasteiger partial charge in [-0.2, -0.15) is 0 Å². The third kappa shape index (κ3) is 2.72. The van der Waals surface area contributed by atoms with E-state index in [9.17, 15) is 9.59 Å². The summed E-state index contributed by atoms with van der Waals surface area (Å²) in [5.41, 5.74) is 0. The monoisotopic (exact) mass is 200 g/mol. The number of carbonyl (C=O) groups excluding carboxylic acids is 2. The minimum Gasteiger partial charge on any atom is -0.425 e. The number of ether oxygens (including phenoxy) is 2. The number of hydrogen-bond donors (Lipinski definition) is 0. The highest BCUT2D eigenvalue weighted by molar-refractivity contribution is 5.69. The quantitative estimate of drug-likeness (QED) is 0.394. The molecule has 0 aromatic heterocycles. The van der Waals surface area contributed by atoms with Crippen molar-refractivity contribution in [2.24, 2.45) is 0 Å². The Labute approximate surface area is 83.6 Å². The Morgan fingerprint density at radius 3 is 2.50 bits per heavy atom. The molecule has 0 bridgehead atoms. The molecule has 1 saturated carbocycles. The van der Waals surface area contributed by atoms with Crippen LogP contribution in [-0.2, 0) is 19.1 Å². The highest BCUT2D eigenvalue weighted by atomic mass is 16.7. The minimum atomic E-state index is -0.965. The van der Waals surface area contributed by atoms with Gasteiger partial charge >= 0.3 is 5.97 Å². The number of esters is 1. The van der Waals surface area contributed by atoms with Gasteiger partial charge in [-0.05, 0) is 12.8 Å². The third-order valence-corrected chi connectivity index (χ3v) is 2.47. The summed E-state index contributed by atoms with van der Waals surface area (Å²) in [7, 11) is 0. The van der Waals surface area contributed by atoms with Crippen molar-refractivity contribution in [1.29, 1.82) is 0 Å². The zero-order valence-electron chi connectivity index (χ0n) is 8.45. The largest absolute Gasteiger partial charge is 0.425 e. The maximum atomic E-state index is 11.1. The van der Waals surface area contributed by atoms with E-state index in [1.807, 2.05) is 0 Å². The maximum absolute atomic E-state index is 11.1. The minimum absolute atomic E-state index is 0.309. The van der Waals surface area contributed by atoms with Gasteiger partial charge in [-0.3, -0.25) is 9.59 Å². The zero-order chi connectivity index (χ0) is 10.4. The number of hydrogen-bond acceptors (Lipinski definition) is 4. The van der Waals surface area contributed by atoms with Gasteiger partial charge in [0.1, 0.15) is 0 Å². The van der Waals surface area contributed by atoms with Crippen molar-refractivity contribution in [3.63, 3.8) is 0 Å². The van der Waals surface area contributed by atoms with E-state index in [0.717, 1.165) is 19.3 Å². The van der Waals surface area contributed by atoms with Crippen LogP contribution in [0.25, 0.3) is 0 Å². The van der Waals surface area contributed by atoms with Crippen LogP contribution in [0, 0.1) is 0 Å². The summed E-state index contributed by atoms with van der Waals surface area (Å²) >= 11 is 0. The predicted molar refractivity (Wildman–Crippen MR) is 49.3 cm³/mol. The molecule has 0 aliphatic heterocycles. The van der Waals surface area contributed by atoms with Crippen LogP contribution in [0.15, 0.2) is 0 Å². The molecule has 0 saturated heterocycles. The maximum Gasteiger partial charge on any atom is 0.308 e. The van der Waals surface area contributed by atoms with Gasteiger partial charge in [0.25, 0.3) is 12.3 Å². The lowest BCUT2D eigenvalue weighted by molar-refractivity contribution is -0.230. The van der Waals surface area contributed by atoms with Gasteiger partial charge in [-0.25, -0.2) is 0 Å². The van der Waals surface area contributed by atoms with Crippen molar-refractivity contribution in [1.82, 2.24) is 0 Å². The third-order valence-electron chi connectivity index (χ3n) is 2.47. The number of rotatable bonds is 4. The second-order valence-corrected chi connectivity index (χ2v) is 3.51. The van der Waals surface area contributed by atoms with Gasteiger partial charge in [0.15, 0.2) is 0 Å². The Morgan fingerprint density at radius 2 is 2.00 bits per heavy atom. The van der Waals surface area contributed by atoms with Gasteiger partial charge in [-0.1, -0.05) is 13.3 Å². The Kier molecular flexibility index (Phi) is 3.92. The molecule has 0 heterocycles. The molecule has 1 aliphatic rings. The average Bonchev–Trinajstić information content (AvgIpc) is 2.19. The van der Waals surface area contributed by atoms with E-state index in [1.165, 1.54) is 0 Å². The molecule has 0 radical (unpaired) electrons. The van der Waals surface area contributed by atoms with E-state index in [0.29, 0.717) is 25.7 Å². The smallest absolute Gasteiger partial charge is 0.308 e. The number of carbonyl (C=O) groups is 2. The van der Waals surface area contributed by atoms with E-state index >= 15 is 0 Å². The van der Waals surface area contributed by atoms with Crippen molar-refractivity contribution in [2.75, 3.05) is 0 Å². The molecule has 0 N–H and O–H groups in total. The molecule has 1 aliphatic carbocycles. The lowest BCUT2D eigenvalue weighted by atomic mass is 9.94. The molecule has 4 nitrogen and oxygen atoms in total. The first kappa shape index (κ1) is 11.0. The average molecular weight is 200 g/mol. The van der Waals surface area contributed by atoms with Crippen LogP contribution in [0.2, 0.25) is 0 Å². The summed E-state index contributed by atoms with van der Waals surface area (Å²) in [5, 5.41) is 0. The fraction of sp³-hybridized carbons (Fsp3) is 0.800. The fourth-order valence-electron chi connectivity index (χ4n) is 1.70. The molecular formula is C10H16O4. The molecule has 0 atom stereocenters. The highest BCUT2D eigenvalue weighted by Crippen LogP contribution is 2.32. The lowest BCUT2D eigenvalue weighted by Gasteiger charge is -2.34. The van der Waals surface area contributed by atoms with Crippen molar-refractivity contribution >= 4 is 12.4 Å². The van der Waals surface area contributed by atoms with E-state index < -0.39 is 5.79 Å². The summed E-state index contributed by atoms with van der Waals surface area (Å²) in [6.07, 6.45) is 4.53. The molecule has 0 aromatic carbocycles. The van der Waals surface area contributed by atoms with Gasteiger partial charge < -0.3 is 9.47 Å². The van der Waals surface area contributed by atoms with Crippen LogP contribution in [0.3, 0.4) is 0 Å². The van der Waals surface area contributed by atoms with E-state index in [4.69, 9.17) is 9.47 Å². The standard InChI is InChI=1S/C10H16O4/c1-2-9(12)14-10(13-8-11)6-4-3-5-7-10/h8H,2-7H2,1H3. The van der Waals surface area contributed by atoms with Gasteiger partial charge in [0.2, 0.25) is 0 Å². The van der Waals surface area contributed by atoms with E-state index in [2.05, 4.69) is 0 Å². The first-order chi connectivity index (χ1) is 6.72. The lowest BCUT2D eigenvalue weighted by Crippen LogP contribution is -2.39. The zero-order valence-corrected chi connectivity index (χ0v) is 8.45. The summed E-state index contributed by atoms with van der Waals surface area (Å²) in [6.45, 7) is 2.09. The molecule has 1 rings (SSSR count). The van der Waals surface area contributed by atoms with Crippen molar-refractivity contribution in [3.05, 3.63) is 0 Å². The Hall–Kier alpha value is -1.06. The highest BCUT2D eigenvalue weighted by Gasteiger charge is 2.37. The Bertz CT molecular complexity index is 206. The topological polar surface area (TPSA) is 52.6 Å². The second-order valence-electron chi connectivity index (χ2n) is 3.51. The van der Waals surface area contributed by atoms with Crippen molar-refractivity contribution in [2.45, 2.75) is 51.2 Å². The van der Waals surface area contributed by atoms with Gasteiger partial charge in [0, 0.05) is 19.3 Å². The van der Waals surface area contributed by atoms with Crippen LogP contribution in [0.1, 0.15) is 45.4 Å². The predicted octanol–water partition coefficient (Wildman–Crippen LogP) is 1.77. The first-order valence-corrected chi connectivity index (χ1v) is 5.06. The molecule has 0 aromatic rings. The Morgan fingerprint density at radius 1 is 1.36 bits per heavy atom. The van der Waals surface area contributed by atoms with Crippen molar-refractivity contribution in [3.8, 4) is 0 Å². The molecule has 0 unspecified atom stereocenters. The molecule has 80 valence electrons. The summed E-state index contributed by atoms with van der Waals surface area (Å²) < 4.78 is 10.1. The van der Waals surface area contributed by atoms with Crippen LogP contribution in [-0.4, -0.2) is 18.2 Å². The summed E-state index contributed by atoms with van der Waals surface area (Å²) in [4.78, 5) is 21.5. The summed E-state index contributed by atoms with van der Waals surface area (Å²) in [6, 6.07) is 0. The van der Waals surface area contributed by atoms with Gasteiger partial charge in [-0.15, -0.1) is 0 Å². The van der Waals surface area contributed by atoms with Crippen LogP contribution >= 0.6 is 0 Å². The van der Waals surface area contributed by atoms with Crippen LogP contribution < -0.4 is 0 Å². The molecule has 4 heteroatoms. The molecule has 1 fully saturated rings.